The van der Waals surface area contributed by atoms with Crippen molar-refractivity contribution < 1.29 is 21.9 Å². The van der Waals surface area contributed by atoms with Gasteiger partial charge in [0.15, 0.2) is 0 Å². The van der Waals surface area contributed by atoms with Crippen LogP contribution in [-0.4, -0.2) is 15.0 Å². The Balaban J connectivity index is 2.32. The molecule has 1 N–H and O–H groups in total. The molecule has 0 unspecified atom stereocenters. The lowest BCUT2D eigenvalue weighted by molar-refractivity contribution is -0.0493. The van der Waals surface area contributed by atoms with Gasteiger partial charge in [0, 0.05) is 0 Å². The highest BCUT2D eigenvalue weighted by Gasteiger charge is 2.18. The van der Waals surface area contributed by atoms with Crippen molar-refractivity contribution >= 4 is 15.7 Å². The molecule has 0 amide bonds. The fraction of sp³-hybridized carbons (Fsp3) is 0.294. The zero-order chi connectivity index (χ0) is 17.9. The van der Waals surface area contributed by atoms with Crippen LogP contribution < -0.4 is 9.46 Å². The maximum Gasteiger partial charge on any atom is 0.387 e. The molecule has 130 valence electrons. The number of aryl methyl sites for hydroxylation is 1. The second-order valence-electron chi connectivity index (χ2n) is 5.71. The van der Waals surface area contributed by atoms with Gasteiger partial charge in [-0.2, -0.15) is 8.78 Å². The zero-order valence-corrected chi connectivity index (χ0v) is 14.4. The molecule has 0 spiro atoms. The summed E-state index contributed by atoms with van der Waals surface area (Å²) in [5.41, 5.74) is 1.65. The molecular formula is C17H19F2NO3S. The van der Waals surface area contributed by atoms with Gasteiger partial charge in [0.25, 0.3) is 10.0 Å². The summed E-state index contributed by atoms with van der Waals surface area (Å²) in [6.45, 7) is 2.66. The minimum atomic E-state index is -3.90. The van der Waals surface area contributed by atoms with Gasteiger partial charge < -0.3 is 4.74 Å². The molecule has 0 saturated heterocycles. The summed E-state index contributed by atoms with van der Waals surface area (Å²) in [6.07, 6.45) is 0. The van der Waals surface area contributed by atoms with Gasteiger partial charge in [-0.15, -0.1) is 0 Å². The van der Waals surface area contributed by atoms with Gasteiger partial charge in [0.1, 0.15) is 5.75 Å². The molecule has 0 saturated carbocycles. The highest BCUT2D eigenvalue weighted by molar-refractivity contribution is 7.92. The zero-order valence-electron chi connectivity index (χ0n) is 13.6. The summed E-state index contributed by atoms with van der Waals surface area (Å²) in [6, 6.07) is 10.8. The van der Waals surface area contributed by atoms with Crippen molar-refractivity contribution in [1.82, 2.24) is 0 Å². The Morgan fingerprint density at radius 2 is 1.67 bits per heavy atom. The number of halogens is 2. The molecule has 7 heteroatoms. The first-order valence-electron chi connectivity index (χ1n) is 7.37. The van der Waals surface area contributed by atoms with Crippen LogP contribution in [0.3, 0.4) is 0 Å². The summed E-state index contributed by atoms with van der Waals surface area (Å²) in [5.74, 6) is 0.0604. The fourth-order valence-corrected chi connectivity index (χ4v) is 3.21. The first-order valence-corrected chi connectivity index (χ1v) is 8.85. The SMILES string of the molecule is Cc1ccc(NS(=O)(=O)c2ccc(C(C)C)cc2)c(OC(F)F)c1. The van der Waals surface area contributed by atoms with Gasteiger partial charge >= 0.3 is 6.61 Å². The van der Waals surface area contributed by atoms with Crippen molar-refractivity contribution in [3.63, 3.8) is 0 Å². The van der Waals surface area contributed by atoms with Crippen molar-refractivity contribution in [2.24, 2.45) is 0 Å². The van der Waals surface area contributed by atoms with Crippen molar-refractivity contribution in [2.45, 2.75) is 38.2 Å². The summed E-state index contributed by atoms with van der Waals surface area (Å²) in [5, 5.41) is 0. The number of alkyl halides is 2. The predicted octanol–water partition coefficient (Wildman–Crippen LogP) is 4.52. The van der Waals surface area contributed by atoms with E-state index in [-0.39, 0.29) is 22.3 Å². The van der Waals surface area contributed by atoms with Gasteiger partial charge in [0.2, 0.25) is 0 Å². The number of ether oxygens (including phenoxy) is 1. The van der Waals surface area contributed by atoms with Crippen LogP contribution in [0.1, 0.15) is 30.9 Å². The highest BCUT2D eigenvalue weighted by atomic mass is 32.2. The molecule has 4 nitrogen and oxygen atoms in total. The van der Waals surface area contributed by atoms with E-state index in [2.05, 4.69) is 9.46 Å². The minimum Gasteiger partial charge on any atom is -0.433 e. The normalized spacial score (nSPS) is 11.8. The summed E-state index contributed by atoms with van der Waals surface area (Å²) in [7, 11) is -3.90. The van der Waals surface area contributed by atoms with Gasteiger partial charge in [-0.25, -0.2) is 8.42 Å². The van der Waals surface area contributed by atoms with Crippen molar-refractivity contribution in [3.05, 3.63) is 53.6 Å². The summed E-state index contributed by atoms with van der Waals surface area (Å²) in [4.78, 5) is 0.0514. The molecule has 2 aromatic rings. The molecule has 0 bridgehead atoms. The molecule has 2 aromatic carbocycles. The van der Waals surface area contributed by atoms with Crippen molar-refractivity contribution in [2.75, 3.05) is 4.72 Å². The Hall–Kier alpha value is -2.15. The van der Waals surface area contributed by atoms with E-state index in [0.717, 1.165) is 5.56 Å². The highest BCUT2D eigenvalue weighted by Crippen LogP contribution is 2.29. The van der Waals surface area contributed by atoms with Crippen LogP contribution >= 0.6 is 0 Å². The van der Waals surface area contributed by atoms with E-state index < -0.39 is 16.6 Å². The number of benzene rings is 2. The second kappa shape index (κ2) is 7.17. The number of sulfonamides is 1. The molecule has 24 heavy (non-hydrogen) atoms. The number of nitrogens with one attached hydrogen (secondary N) is 1. The Labute approximate surface area is 140 Å². The number of anilines is 1. The first kappa shape index (κ1) is 18.2. The van der Waals surface area contributed by atoms with E-state index in [1.54, 1.807) is 25.1 Å². The van der Waals surface area contributed by atoms with Crippen LogP contribution in [0, 0.1) is 6.92 Å². The lowest BCUT2D eigenvalue weighted by atomic mass is 10.0. The predicted molar refractivity (Wildman–Crippen MR) is 89.2 cm³/mol. The Morgan fingerprint density at radius 1 is 1.04 bits per heavy atom. The molecule has 0 aliphatic carbocycles. The lowest BCUT2D eigenvalue weighted by Crippen LogP contribution is -2.15. The second-order valence-corrected chi connectivity index (χ2v) is 7.39. The van der Waals surface area contributed by atoms with E-state index in [0.29, 0.717) is 5.56 Å². The van der Waals surface area contributed by atoms with Gasteiger partial charge in [-0.05, 0) is 48.2 Å². The Morgan fingerprint density at radius 3 is 2.21 bits per heavy atom. The van der Waals surface area contributed by atoms with E-state index in [1.807, 2.05) is 13.8 Å². The molecule has 0 atom stereocenters. The smallest absolute Gasteiger partial charge is 0.387 e. The third kappa shape index (κ3) is 4.44. The Kier molecular flexibility index (Phi) is 5.43. The van der Waals surface area contributed by atoms with E-state index in [4.69, 9.17) is 0 Å². The fourth-order valence-electron chi connectivity index (χ4n) is 2.14. The number of rotatable bonds is 6. The van der Waals surface area contributed by atoms with Crippen molar-refractivity contribution in [3.8, 4) is 5.75 Å². The summed E-state index contributed by atoms with van der Waals surface area (Å²) >= 11 is 0. The van der Waals surface area contributed by atoms with Crippen LogP contribution in [0.5, 0.6) is 5.75 Å². The molecule has 0 aromatic heterocycles. The molecule has 0 fully saturated rings. The molecule has 0 aliphatic heterocycles. The largest absolute Gasteiger partial charge is 0.433 e. The summed E-state index contributed by atoms with van der Waals surface area (Å²) < 4.78 is 56.6. The molecule has 0 radical (unpaired) electrons. The van der Waals surface area contributed by atoms with Gasteiger partial charge in [-0.1, -0.05) is 32.0 Å². The number of hydrogen-bond acceptors (Lipinski definition) is 3. The van der Waals surface area contributed by atoms with Crippen LogP contribution in [0.2, 0.25) is 0 Å². The van der Waals surface area contributed by atoms with Crippen LogP contribution in [-0.2, 0) is 10.0 Å². The quantitative estimate of drug-likeness (QED) is 0.829. The standard InChI is InChI=1S/C17H19F2NO3S/c1-11(2)13-5-7-14(8-6-13)24(21,22)20-15-9-4-12(3)10-16(15)23-17(18)19/h4-11,17,20H,1-3H3. The molecule has 0 heterocycles. The lowest BCUT2D eigenvalue weighted by Gasteiger charge is -2.14. The monoisotopic (exact) mass is 355 g/mol. The maximum absolute atomic E-state index is 12.5. The van der Waals surface area contributed by atoms with Gasteiger partial charge in [0.05, 0.1) is 10.6 Å². The van der Waals surface area contributed by atoms with E-state index in [1.165, 1.54) is 24.3 Å². The third-order valence-corrected chi connectivity index (χ3v) is 4.84. The van der Waals surface area contributed by atoms with Crippen LogP contribution in [0.25, 0.3) is 0 Å². The van der Waals surface area contributed by atoms with Crippen molar-refractivity contribution in [1.29, 1.82) is 0 Å². The number of hydrogen-bond donors (Lipinski definition) is 1. The molecule has 2 rings (SSSR count). The van der Waals surface area contributed by atoms with E-state index >= 15 is 0 Å². The molecule has 0 aliphatic rings. The van der Waals surface area contributed by atoms with Gasteiger partial charge in [-0.3, -0.25) is 4.72 Å². The minimum absolute atomic E-state index is 0.0335. The Bertz CT molecular complexity index is 803. The topological polar surface area (TPSA) is 55.4 Å². The van der Waals surface area contributed by atoms with Crippen LogP contribution in [0.15, 0.2) is 47.4 Å². The third-order valence-electron chi connectivity index (χ3n) is 3.45. The van der Waals surface area contributed by atoms with E-state index in [9.17, 15) is 17.2 Å². The maximum atomic E-state index is 12.5. The van der Waals surface area contributed by atoms with Crippen LogP contribution in [0.4, 0.5) is 14.5 Å². The first-order chi connectivity index (χ1) is 11.2. The average Bonchev–Trinajstić information content (AvgIpc) is 2.49. The molecular weight excluding hydrogens is 336 g/mol. The average molecular weight is 355 g/mol.